The fourth-order valence-corrected chi connectivity index (χ4v) is 2.30. The maximum absolute atomic E-state index is 9.29. The Kier molecular flexibility index (Phi) is 5.03. The highest BCUT2D eigenvalue weighted by Crippen LogP contribution is 2.27. The number of nitrogens with one attached hydrogen (secondary N) is 1. The van der Waals surface area contributed by atoms with Gasteiger partial charge in [-0.1, -0.05) is 6.92 Å². The van der Waals surface area contributed by atoms with Gasteiger partial charge in [-0.2, -0.15) is 0 Å². The van der Waals surface area contributed by atoms with E-state index >= 15 is 0 Å². The first-order valence-corrected chi connectivity index (χ1v) is 6.19. The zero-order valence-corrected chi connectivity index (χ0v) is 10.4. The van der Waals surface area contributed by atoms with E-state index in [1.165, 1.54) is 19.4 Å². The van der Waals surface area contributed by atoms with Crippen molar-refractivity contribution in [2.45, 2.75) is 51.6 Å². The second-order valence-corrected chi connectivity index (χ2v) is 5.20. The van der Waals surface area contributed by atoms with Crippen molar-refractivity contribution in [3.05, 3.63) is 0 Å². The lowest BCUT2D eigenvalue weighted by Gasteiger charge is -2.34. The number of hydrogen-bond donors (Lipinski definition) is 2. The predicted octanol–water partition coefficient (Wildman–Crippen LogP) is 1.22. The van der Waals surface area contributed by atoms with Crippen LogP contribution in [0.3, 0.4) is 0 Å². The first-order valence-electron chi connectivity index (χ1n) is 6.19. The second-order valence-electron chi connectivity index (χ2n) is 5.20. The fraction of sp³-hybridized carbons (Fsp3) is 1.00. The molecular weight excluding hydrogens is 188 g/mol. The van der Waals surface area contributed by atoms with Gasteiger partial charge in [0.25, 0.3) is 0 Å². The lowest BCUT2D eigenvalue weighted by molar-refractivity contribution is 0.131. The molecule has 0 saturated carbocycles. The van der Waals surface area contributed by atoms with Gasteiger partial charge >= 0.3 is 0 Å². The summed E-state index contributed by atoms with van der Waals surface area (Å²) in [5.74, 6) is 0. The van der Waals surface area contributed by atoms with Gasteiger partial charge in [-0.3, -0.25) is 4.90 Å². The molecule has 0 aromatic carbocycles. The Labute approximate surface area is 93.9 Å². The minimum absolute atomic E-state index is 0.238. The molecule has 1 aliphatic rings. The maximum Gasteiger partial charge on any atom is 0.0597 e. The molecule has 1 fully saturated rings. The number of rotatable bonds is 6. The van der Waals surface area contributed by atoms with Crippen molar-refractivity contribution >= 4 is 0 Å². The van der Waals surface area contributed by atoms with Gasteiger partial charge in [0, 0.05) is 18.1 Å². The monoisotopic (exact) mass is 214 g/mol. The maximum atomic E-state index is 9.29. The van der Waals surface area contributed by atoms with E-state index in [-0.39, 0.29) is 12.6 Å². The summed E-state index contributed by atoms with van der Waals surface area (Å²) in [6.07, 6.45) is 3.69. The van der Waals surface area contributed by atoms with E-state index in [9.17, 15) is 5.11 Å². The van der Waals surface area contributed by atoms with Crippen LogP contribution in [0.25, 0.3) is 0 Å². The number of aliphatic hydroxyl groups excluding tert-OH is 1. The van der Waals surface area contributed by atoms with E-state index in [1.807, 2.05) is 0 Å². The molecule has 90 valence electrons. The molecule has 3 heteroatoms. The minimum atomic E-state index is 0.238. The molecule has 2 N–H and O–H groups in total. The molecule has 0 bridgehead atoms. The molecule has 1 saturated heterocycles. The van der Waals surface area contributed by atoms with Gasteiger partial charge in [-0.05, 0) is 46.2 Å². The first kappa shape index (κ1) is 12.9. The molecule has 0 amide bonds. The van der Waals surface area contributed by atoms with Gasteiger partial charge in [0.05, 0.1) is 6.61 Å². The van der Waals surface area contributed by atoms with Crippen LogP contribution >= 0.6 is 0 Å². The number of likely N-dealkylation sites (tertiary alicyclic amines) is 1. The van der Waals surface area contributed by atoms with Gasteiger partial charge < -0.3 is 10.4 Å². The van der Waals surface area contributed by atoms with Crippen LogP contribution in [0.15, 0.2) is 0 Å². The standard InChI is InChI=1S/C12H26N2O/c1-4-7-13-11(10-15)9-14-8-5-6-12(14,2)3/h11,13,15H,4-10H2,1-3H3. The molecule has 1 atom stereocenters. The van der Waals surface area contributed by atoms with Gasteiger partial charge in [0.15, 0.2) is 0 Å². The Morgan fingerprint density at radius 2 is 2.20 bits per heavy atom. The zero-order valence-electron chi connectivity index (χ0n) is 10.4. The van der Waals surface area contributed by atoms with Gasteiger partial charge in [0.1, 0.15) is 0 Å². The Morgan fingerprint density at radius 1 is 1.47 bits per heavy atom. The van der Waals surface area contributed by atoms with E-state index in [2.05, 4.69) is 31.0 Å². The van der Waals surface area contributed by atoms with Crippen LogP contribution in [0.2, 0.25) is 0 Å². The molecule has 1 unspecified atom stereocenters. The summed E-state index contributed by atoms with van der Waals surface area (Å²) in [5.41, 5.74) is 0.321. The molecule has 0 radical (unpaired) electrons. The van der Waals surface area contributed by atoms with E-state index < -0.39 is 0 Å². The van der Waals surface area contributed by atoms with Crippen LogP contribution in [0.1, 0.15) is 40.0 Å². The van der Waals surface area contributed by atoms with Crippen molar-refractivity contribution in [3.8, 4) is 0 Å². The highest BCUT2D eigenvalue weighted by Gasteiger charge is 2.32. The van der Waals surface area contributed by atoms with E-state index in [0.29, 0.717) is 5.54 Å². The summed E-state index contributed by atoms with van der Waals surface area (Å²) in [6, 6.07) is 0.238. The van der Waals surface area contributed by atoms with Crippen LogP contribution in [0, 0.1) is 0 Å². The SMILES string of the molecule is CCCNC(CO)CN1CCCC1(C)C. The van der Waals surface area contributed by atoms with Gasteiger partial charge in [0.2, 0.25) is 0 Å². The molecule has 0 aromatic rings. The van der Waals surface area contributed by atoms with Crippen LogP contribution in [0.4, 0.5) is 0 Å². The Bertz CT molecular complexity index is 182. The number of hydrogen-bond acceptors (Lipinski definition) is 3. The smallest absolute Gasteiger partial charge is 0.0597 e. The van der Waals surface area contributed by atoms with Crippen LogP contribution < -0.4 is 5.32 Å². The molecule has 0 spiro atoms. The Morgan fingerprint density at radius 3 is 2.67 bits per heavy atom. The molecule has 1 heterocycles. The largest absolute Gasteiger partial charge is 0.395 e. The molecule has 0 aromatic heterocycles. The normalized spacial score (nSPS) is 23.2. The van der Waals surface area contributed by atoms with Crippen LogP contribution in [0.5, 0.6) is 0 Å². The lowest BCUT2D eigenvalue weighted by Crippen LogP contribution is -2.48. The molecule has 3 nitrogen and oxygen atoms in total. The van der Waals surface area contributed by atoms with E-state index in [0.717, 1.165) is 19.5 Å². The molecule has 1 aliphatic heterocycles. The quantitative estimate of drug-likeness (QED) is 0.698. The zero-order chi connectivity index (χ0) is 11.3. The summed E-state index contributed by atoms with van der Waals surface area (Å²) in [4.78, 5) is 2.50. The molecule has 15 heavy (non-hydrogen) atoms. The molecule has 0 aliphatic carbocycles. The van der Waals surface area contributed by atoms with Crippen molar-refractivity contribution < 1.29 is 5.11 Å². The number of aliphatic hydroxyl groups is 1. The van der Waals surface area contributed by atoms with Crippen molar-refractivity contribution in [3.63, 3.8) is 0 Å². The minimum Gasteiger partial charge on any atom is -0.395 e. The topological polar surface area (TPSA) is 35.5 Å². The third kappa shape index (κ3) is 3.74. The highest BCUT2D eigenvalue weighted by molar-refractivity contribution is 4.89. The van der Waals surface area contributed by atoms with Crippen molar-refractivity contribution in [2.75, 3.05) is 26.2 Å². The molecular formula is C12H26N2O. The third-order valence-electron chi connectivity index (χ3n) is 3.42. The lowest BCUT2D eigenvalue weighted by atomic mass is 10.0. The molecule has 1 rings (SSSR count). The predicted molar refractivity (Wildman–Crippen MR) is 64.1 cm³/mol. The third-order valence-corrected chi connectivity index (χ3v) is 3.42. The van der Waals surface area contributed by atoms with Crippen molar-refractivity contribution in [2.24, 2.45) is 0 Å². The summed E-state index contributed by atoms with van der Waals surface area (Å²) < 4.78 is 0. The van der Waals surface area contributed by atoms with Crippen LogP contribution in [-0.2, 0) is 0 Å². The summed E-state index contributed by atoms with van der Waals surface area (Å²) in [5, 5.41) is 12.7. The average Bonchev–Trinajstić information content (AvgIpc) is 2.52. The van der Waals surface area contributed by atoms with Crippen molar-refractivity contribution in [1.82, 2.24) is 10.2 Å². The van der Waals surface area contributed by atoms with Crippen LogP contribution in [-0.4, -0.2) is 47.8 Å². The van der Waals surface area contributed by atoms with Gasteiger partial charge in [-0.25, -0.2) is 0 Å². The average molecular weight is 214 g/mol. The first-order chi connectivity index (χ1) is 7.10. The number of nitrogens with zero attached hydrogens (tertiary/aromatic N) is 1. The highest BCUT2D eigenvalue weighted by atomic mass is 16.3. The fourth-order valence-electron chi connectivity index (χ4n) is 2.30. The van der Waals surface area contributed by atoms with E-state index in [1.54, 1.807) is 0 Å². The van der Waals surface area contributed by atoms with E-state index in [4.69, 9.17) is 0 Å². The summed E-state index contributed by atoms with van der Waals surface area (Å²) in [7, 11) is 0. The van der Waals surface area contributed by atoms with Crippen molar-refractivity contribution in [1.29, 1.82) is 0 Å². The second kappa shape index (κ2) is 5.83. The van der Waals surface area contributed by atoms with Gasteiger partial charge in [-0.15, -0.1) is 0 Å². The Hall–Kier alpha value is -0.120. The Balaban J connectivity index is 2.37. The summed E-state index contributed by atoms with van der Waals surface area (Å²) >= 11 is 0. The summed E-state index contributed by atoms with van der Waals surface area (Å²) in [6.45, 7) is 10.1.